The maximum atomic E-state index is 10.9. The monoisotopic (exact) mass is 224 g/mol. The molecule has 0 spiro atoms. The highest BCUT2D eigenvalue weighted by Crippen LogP contribution is 2.31. The Morgan fingerprint density at radius 3 is 2.62 bits per heavy atom. The average molecular weight is 224 g/mol. The molecule has 4 N–H and O–H groups in total. The predicted molar refractivity (Wildman–Crippen MR) is 57.8 cm³/mol. The first-order chi connectivity index (χ1) is 7.72. The van der Waals surface area contributed by atoms with Crippen LogP contribution in [0.2, 0.25) is 0 Å². The van der Waals surface area contributed by atoms with E-state index in [0.717, 1.165) is 19.3 Å². The third-order valence-electron chi connectivity index (χ3n) is 2.59. The van der Waals surface area contributed by atoms with Crippen LogP contribution in [0.1, 0.15) is 19.3 Å². The van der Waals surface area contributed by atoms with Gasteiger partial charge in [0, 0.05) is 6.04 Å². The quantitative estimate of drug-likeness (QED) is 0.390. The van der Waals surface area contributed by atoms with Crippen molar-refractivity contribution in [1.82, 2.24) is 9.97 Å². The molecule has 8 heteroatoms. The second-order valence-corrected chi connectivity index (χ2v) is 3.59. The molecule has 16 heavy (non-hydrogen) atoms. The van der Waals surface area contributed by atoms with Gasteiger partial charge in [0.25, 0.3) is 0 Å². The predicted octanol–water partition coefficient (Wildman–Crippen LogP) is 0.635. The van der Waals surface area contributed by atoms with Gasteiger partial charge in [0.15, 0.2) is 0 Å². The van der Waals surface area contributed by atoms with E-state index in [1.54, 1.807) is 0 Å². The topological polar surface area (TPSA) is 119 Å². The summed E-state index contributed by atoms with van der Waals surface area (Å²) in [5, 5.41) is 13.9. The van der Waals surface area contributed by atoms with Crippen LogP contribution in [0, 0.1) is 10.1 Å². The first-order valence-corrected chi connectivity index (χ1v) is 4.95. The van der Waals surface area contributed by atoms with E-state index in [1.807, 2.05) is 0 Å². The van der Waals surface area contributed by atoms with Gasteiger partial charge < -0.3 is 10.7 Å². The number of nitro groups is 1. The fourth-order valence-corrected chi connectivity index (χ4v) is 1.51. The molecule has 0 atom stereocenters. The first-order valence-electron chi connectivity index (χ1n) is 4.95. The summed E-state index contributed by atoms with van der Waals surface area (Å²) in [6.45, 7) is 0. The van der Waals surface area contributed by atoms with Crippen LogP contribution < -0.4 is 16.6 Å². The zero-order valence-electron chi connectivity index (χ0n) is 8.51. The number of hydrogen-bond acceptors (Lipinski definition) is 7. The molecule has 1 fully saturated rings. The number of hydrogen-bond donors (Lipinski definition) is 3. The lowest BCUT2D eigenvalue weighted by molar-refractivity contribution is -0.383. The van der Waals surface area contributed by atoms with Crippen molar-refractivity contribution in [2.45, 2.75) is 25.3 Å². The minimum absolute atomic E-state index is 0.0156. The molecule has 2 rings (SSSR count). The van der Waals surface area contributed by atoms with E-state index in [-0.39, 0.29) is 23.4 Å². The summed E-state index contributed by atoms with van der Waals surface area (Å²) in [6, 6.07) is 0.263. The number of aromatic nitrogens is 2. The van der Waals surface area contributed by atoms with E-state index < -0.39 is 4.92 Å². The van der Waals surface area contributed by atoms with Gasteiger partial charge in [-0.2, -0.15) is 0 Å². The minimum Gasteiger partial charge on any atom is -0.361 e. The minimum atomic E-state index is -0.545. The van der Waals surface area contributed by atoms with Gasteiger partial charge in [-0.05, 0) is 19.3 Å². The highest BCUT2D eigenvalue weighted by Gasteiger charge is 2.26. The van der Waals surface area contributed by atoms with Crippen molar-refractivity contribution in [3.8, 4) is 0 Å². The number of anilines is 2. The second kappa shape index (κ2) is 4.27. The standard InChI is InChI=1S/C8H12N6O2/c9-13-8-6(14(15)16)7(10-4-11-8)12-5-2-1-3-5/h4-5H,1-3,9H2,(H2,10,11,12,13). The number of hydrazine groups is 1. The van der Waals surface area contributed by atoms with Crippen molar-refractivity contribution >= 4 is 17.3 Å². The Kier molecular flexibility index (Phi) is 2.82. The molecule has 0 saturated heterocycles. The lowest BCUT2D eigenvalue weighted by atomic mass is 9.93. The molecule has 8 nitrogen and oxygen atoms in total. The Balaban J connectivity index is 2.30. The summed E-state index contributed by atoms with van der Waals surface area (Å²) in [5.74, 6) is 5.40. The normalized spacial score (nSPS) is 15.3. The molecule has 0 unspecified atom stereocenters. The van der Waals surface area contributed by atoms with Crippen molar-refractivity contribution in [2.24, 2.45) is 5.84 Å². The number of nitrogens with zero attached hydrogens (tertiary/aromatic N) is 3. The molecule has 1 saturated carbocycles. The van der Waals surface area contributed by atoms with E-state index in [1.165, 1.54) is 6.33 Å². The summed E-state index contributed by atoms with van der Waals surface area (Å²) in [5.41, 5.74) is 1.98. The Morgan fingerprint density at radius 1 is 1.44 bits per heavy atom. The average Bonchev–Trinajstić information content (AvgIpc) is 2.22. The van der Waals surface area contributed by atoms with Crippen LogP contribution in [0.15, 0.2) is 6.33 Å². The zero-order valence-corrected chi connectivity index (χ0v) is 8.51. The van der Waals surface area contributed by atoms with Crippen molar-refractivity contribution in [2.75, 3.05) is 10.7 Å². The molecule has 86 valence electrons. The first kappa shape index (κ1) is 10.6. The second-order valence-electron chi connectivity index (χ2n) is 3.59. The van der Waals surface area contributed by atoms with Gasteiger partial charge in [0.2, 0.25) is 11.6 Å². The van der Waals surface area contributed by atoms with Gasteiger partial charge in [-0.3, -0.25) is 10.1 Å². The largest absolute Gasteiger partial charge is 0.361 e. The SMILES string of the molecule is NNc1ncnc(NC2CCC2)c1[N+](=O)[O-]. The third-order valence-corrected chi connectivity index (χ3v) is 2.59. The Morgan fingerprint density at radius 2 is 2.12 bits per heavy atom. The molecular formula is C8H12N6O2. The zero-order chi connectivity index (χ0) is 11.5. The molecule has 0 amide bonds. The van der Waals surface area contributed by atoms with Crippen LogP contribution in [0.25, 0.3) is 0 Å². The Bertz CT molecular complexity index is 406. The lowest BCUT2D eigenvalue weighted by Crippen LogP contribution is -2.28. The van der Waals surface area contributed by atoms with Gasteiger partial charge >= 0.3 is 5.69 Å². The number of nitrogens with two attached hydrogens (primary N) is 1. The van der Waals surface area contributed by atoms with Gasteiger partial charge in [-0.1, -0.05) is 0 Å². The summed E-state index contributed by atoms with van der Waals surface area (Å²) in [6.07, 6.45) is 4.39. The Labute approximate surface area is 91.4 Å². The summed E-state index contributed by atoms with van der Waals surface area (Å²) in [7, 11) is 0. The van der Waals surface area contributed by atoms with Crippen molar-refractivity contribution in [3.63, 3.8) is 0 Å². The number of rotatable bonds is 4. The van der Waals surface area contributed by atoms with Gasteiger partial charge in [-0.25, -0.2) is 15.8 Å². The summed E-state index contributed by atoms with van der Waals surface area (Å²) >= 11 is 0. The highest BCUT2D eigenvalue weighted by molar-refractivity contribution is 5.69. The number of nitrogens with one attached hydrogen (secondary N) is 2. The van der Waals surface area contributed by atoms with Gasteiger partial charge in [0.05, 0.1) is 4.92 Å². The van der Waals surface area contributed by atoms with E-state index in [4.69, 9.17) is 5.84 Å². The van der Waals surface area contributed by atoms with Crippen LogP contribution in [0.3, 0.4) is 0 Å². The van der Waals surface area contributed by atoms with Gasteiger partial charge in [-0.15, -0.1) is 0 Å². The van der Waals surface area contributed by atoms with E-state index in [2.05, 4.69) is 20.7 Å². The van der Waals surface area contributed by atoms with Crippen molar-refractivity contribution in [1.29, 1.82) is 0 Å². The summed E-state index contributed by atoms with van der Waals surface area (Å²) < 4.78 is 0. The molecule has 0 aliphatic heterocycles. The van der Waals surface area contributed by atoms with E-state index in [9.17, 15) is 10.1 Å². The molecular weight excluding hydrogens is 212 g/mol. The van der Waals surface area contributed by atoms with Crippen LogP contribution in [-0.2, 0) is 0 Å². The van der Waals surface area contributed by atoms with Crippen LogP contribution >= 0.6 is 0 Å². The maximum absolute atomic E-state index is 10.9. The smallest absolute Gasteiger partial charge is 0.354 e. The molecule has 1 aromatic rings. The molecule has 1 heterocycles. The number of nitrogen functional groups attached to an aromatic ring is 1. The summed E-state index contributed by atoms with van der Waals surface area (Å²) in [4.78, 5) is 17.9. The molecule has 1 aromatic heterocycles. The van der Waals surface area contributed by atoms with E-state index >= 15 is 0 Å². The van der Waals surface area contributed by atoms with Crippen molar-refractivity contribution in [3.05, 3.63) is 16.4 Å². The molecule has 1 aliphatic carbocycles. The molecule has 0 aromatic carbocycles. The van der Waals surface area contributed by atoms with Crippen LogP contribution in [0.5, 0.6) is 0 Å². The fraction of sp³-hybridized carbons (Fsp3) is 0.500. The maximum Gasteiger partial charge on any atom is 0.354 e. The van der Waals surface area contributed by atoms with E-state index in [0.29, 0.717) is 0 Å². The fourth-order valence-electron chi connectivity index (χ4n) is 1.51. The van der Waals surface area contributed by atoms with Crippen LogP contribution in [0.4, 0.5) is 17.3 Å². The molecule has 0 radical (unpaired) electrons. The van der Waals surface area contributed by atoms with Crippen LogP contribution in [-0.4, -0.2) is 20.9 Å². The molecule has 1 aliphatic rings. The Hall–Kier alpha value is -1.96. The van der Waals surface area contributed by atoms with Crippen molar-refractivity contribution < 1.29 is 4.92 Å². The third kappa shape index (κ3) is 1.87. The van der Waals surface area contributed by atoms with Gasteiger partial charge in [0.1, 0.15) is 6.33 Å². The lowest BCUT2D eigenvalue weighted by Gasteiger charge is -2.26. The molecule has 0 bridgehead atoms. The highest BCUT2D eigenvalue weighted by atomic mass is 16.6.